The molecule has 0 unspecified atom stereocenters. The number of H-pyrrole nitrogens is 1. The molecule has 0 saturated carbocycles. The Labute approximate surface area is 119 Å². The van der Waals surface area contributed by atoms with Gasteiger partial charge in [-0.3, -0.25) is 19.0 Å². The van der Waals surface area contributed by atoms with E-state index in [0.29, 0.717) is 10.9 Å². The second-order valence-corrected chi connectivity index (χ2v) is 5.63. The van der Waals surface area contributed by atoms with E-state index in [9.17, 15) is 9.59 Å². The van der Waals surface area contributed by atoms with Crippen molar-refractivity contribution >= 4 is 23.4 Å². The van der Waals surface area contributed by atoms with Crippen molar-refractivity contribution in [3.05, 3.63) is 21.6 Å². The number of amides is 1. The van der Waals surface area contributed by atoms with Gasteiger partial charge in [0, 0.05) is 18.3 Å². The van der Waals surface area contributed by atoms with Crippen molar-refractivity contribution in [2.45, 2.75) is 30.8 Å². The van der Waals surface area contributed by atoms with Crippen molar-refractivity contribution < 1.29 is 4.79 Å². The highest BCUT2D eigenvalue weighted by Gasteiger charge is 2.20. The average molecular weight is 293 g/mol. The average Bonchev–Trinajstić information content (AvgIpc) is 2.88. The van der Waals surface area contributed by atoms with Crippen LogP contribution in [0.1, 0.15) is 24.1 Å². The van der Waals surface area contributed by atoms with Crippen LogP contribution >= 0.6 is 11.8 Å². The van der Waals surface area contributed by atoms with Crippen molar-refractivity contribution in [1.29, 1.82) is 0 Å². The number of thioether (sulfide) groups is 1. The molecule has 0 aliphatic heterocycles. The van der Waals surface area contributed by atoms with Crippen molar-refractivity contribution in [2.75, 3.05) is 12.8 Å². The van der Waals surface area contributed by atoms with Crippen LogP contribution in [0.3, 0.4) is 0 Å². The fraction of sp³-hybridized carbons (Fsp3) is 0.500. The quantitative estimate of drug-likeness (QED) is 0.785. The molecule has 1 aliphatic carbocycles. The summed E-state index contributed by atoms with van der Waals surface area (Å²) in [6.45, 7) is 0. The van der Waals surface area contributed by atoms with Crippen LogP contribution < -0.4 is 10.9 Å². The maximum Gasteiger partial charge on any atom is 0.255 e. The first-order valence-corrected chi connectivity index (χ1v) is 7.52. The van der Waals surface area contributed by atoms with Gasteiger partial charge in [0.15, 0.2) is 5.16 Å². The van der Waals surface area contributed by atoms with Crippen molar-refractivity contribution in [3.8, 4) is 0 Å². The van der Waals surface area contributed by atoms with Crippen LogP contribution in [0.2, 0.25) is 0 Å². The van der Waals surface area contributed by atoms with Crippen molar-refractivity contribution in [3.63, 3.8) is 0 Å². The number of rotatable bonds is 3. The van der Waals surface area contributed by atoms with E-state index >= 15 is 0 Å². The molecule has 0 bridgehead atoms. The third kappa shape index (κ3) is 2.20. The molecule has 7 nitrogen and oxygen atoms in total. The molecule has 0 radical (unpaired) electrons. The van der Waals surface area contributed by atoms with Crippen LogP contribution in [0.5, 0.6) is 0 Å². The van der Waals surface area contributed by atoms with Gasteiger partial charge in [0.2, 0.25) is 11.7 Å². The number of nitrogens with zero attached hydrogens (tertiary/aromatic N) is 3. The normalized spacial score (nSPS) is 14.2. The largest absolute Gasteiger partial charge is 0.358 e. The predicted molar refractivity (Wildman–Crippen MR) is 75.0 cm³/mol. The van der Waals surface area contributed by atoms with Crippen LogP contribution in [-0.4, -0.2) is 38.3 Å². The van der Waals surface area contributed by atoms with E-state index in [1.54, 1.807) is 7.05 Å². The van der Waals surface area contributed by atoms with Gasteiger partial charge >= 0.3 is 0 Å². The zero-order valence-corrected chi connectivity index (χ0v) is 11.9. The number of aromatic nitrogens is 4. The molecule has 2 aromatic heterocycles. The summed E-state index contributed by atoms with van der Waals surface area (Å²) in [5.74, 6) is 0.672. The zero-order valence-electron chi connectivity index (χ0n) is 11.1. The Hall–Kier alpha value is -1.83. The summed E-state index contributed by atoms with van der Waals surface area (Å²) in [6.07, 6.45) is 3.73. The fourth-order valence-corrected chi connectivity index (χ4v) is 3.28. The van der Waals surface area contributed by atoms with Crippen LogP contribution in [-0.2, 0) is 17.6 Å². The third-order valence-corrected chi connectivity index (χ3v) is 4.38. The molecule has 0 atom stereocenters. The van der Waals surface area contributed by atoms with Crippen LogP contribution in [0.25, 0.3) is 5.78 Å². The SMILES string of the molecule is CNC(=O)CSc1nnc2[nH]c(=O)c3c(n12)CCCC3. The highest BCUT2D eigenvalue weighted by atomic mass is 32.2. The molecular weight excluding hydrogens is 278 g/mol. The molecule has 2 heterocycles. The van der Waals surface area contributed by atoms with E-state index in [1.165, 1.54) is 11.8 Å². The molecule has 1 amide bonds. The van der Waals surface area contributed by atoms with Crippen LogP contribution in [0.15, 0.2) is 9.95 Å². The Balaban J connectivity index is 2.06. The lowest BCUT2D eigenvalue weighted by Crippen LogP contribution is -2.23. The number of carbonyl (C=O) groups is 1. The van der Waals surface area contributed by atoms with E-state index in [2.05, 4.69) is 20.5 Å². The predicted octanol–water partition coefficient (Wildman–Crippen LogP) is 0.134. The summed E-state index contributed by atoms with van der Waals surface area (Å²) in [5, 5.41) is 11.3. The third-order valence-electron chi connectivity index (χ3n) is 3.45. The summed E-state index contributed by atoms with van der Waals surface area (Å²) < 4.78 is 1.88. The van der Waals surface area contributed by atoms with Crippen molar-refractivity contribution in [1.82, 2.24) is 24.9 Å². The number of hydrogen-bond donors (Lipinski definition) is 2. The first kappa shape index (κ1) is 13.2. The molecule has 2 N–H and O–H groups in total. The number of fused-ring (bicyclic) bond motifs is 3. The lowest BCUT2D eigenvalue weighted by molar-refractivity contribution is -0.118. The Morgan fingerprint density at radius 1 is 1.40 bits per heavy atom. The number of aryl methyl sites for hydroxylation is 1. The number of hydrogen-bond acceptors (Lipinski definition) is 5. The number of nitrogens with one attached hydrogen (secondary N) is 2. The van der Waals surface area contributed by atoms with Crippen molar-refractivity contribution in [2.24, 2.45) is 0 Å². The minimum Gasteiger partial charge on any atom is -0.358 e. The second kappa shape index (κ2) is 5.28. The van der Waals surface area contributed by atoms with Gasteiger partial charge in [-0.2, -0.15) is 0 Å². The Bertz CT molecular complexity index is 720. The first-order valence-electron chi connectivity index (χ1n) is 6.53. The molecule has 0 saturated heterocycles. The van der Waals surface area contributed by atoms with Gasteiger partial charge < -0.3 is 5.32 Å². The minimum absolute atomic E-state index is 0.0648. The molecule has 1 aliphatic rings. The molecule has 20 heavy (non-hydrogen) atoms. The lowest BCUT2D eigenvalue weighted by atomic mass is 9.97. The Kier molecular flexibility index (Phi) is 3.47. The summed E-state index contributed by atoms with van der Waals surface area (Å²) in [4.78, 5) is 26.1. The maximum atomic E-state index is 12.0. The molecule has 3 rings (SSSR count). The van der Waals surface area contributed by atoms with E-state index in [-0.39, 0.29) is 17.2 Å². The summed E-state index contributed by atoms with van der Waals surface area (Å²) in [5.41, 5.74) is 1.74. The monoisotopic (exact) mass is 293 g/mol. The first-order chi connectivity index (χ1) is 9.70. The van der Waals surface area contributed by atoms with Crippen LogP contribution in [0.4, 0.5) is 0 Å². The zero-order chi connectivity index (χ0) is 14.1. The molecule has 8 heteroatoms. The fourth-order valence-electron chi connectivity index (χ4n) is 2.45. The van der Waals surface area contributed by atoms with Gasteiger partial charge in [-0.15, -0.1) is 10.2 Å². The van der Waals surface area contributed by atoms with Gasteiger partial charge in [-0.05, 0) is 25.7 Å². The summed E-state index contributed by atoms with van der Waals surface area (Å²) in [6, 6.07) is 0. The Morgan fingerprint density at radius 3 is 3.00 bits per heavy atom. The summed E-state index contributed by atoms with van der Waals surface area (Å²) >= 11 is 1.32. The number of aromatic amines is 1. The highest BCUT2D eigenvalue weighted by Crippen LogP contribution is 2.23. The van der Waals surface area contributed by atoms with Gasteiger partial charge in [-0.25, -0.2) is 0 Å². The maximum absolute atomic E-state index is 12.0. The van der Waals surface area contributed by atoms with E-state index in [4.69, 9.17) is 0 Å². The van der Waals surface area contributed by atoms with Gasteiger partial charge in [-0.1, -0.05) is 11.8 Å². The lowest BCUT2D eigenvalue weighted by Gasteiger charge is -2.16. The van der Waals surface area contributed by atoms with E-state index in [1.807, 2.05) is 4.40 Å². The molecule has 106 valence electrons. The molecular formula is C12H15N5O2S. The number of carbonyl (C=O) groups excluding carboxylic acids is 1. The molecule has 0 aromatic carbocycles. The topological polar surface area (TPSA) is 92.2 Å². The van der Waals surface area contributed by atoms with E-state index in [0.717, 1.165) is 36.9 Å². The Morgan fingerprint density at radius 2 is 2.20 bits per heavy atom. The smallest absolute Gasteiger partial charge is 0.255 e. The summed E-state index contributed by atoms with van der Waals surface area (Å²) in [7, 11) is 1.60. The van der Waals surface area contributed by atoms with Gasteiger partial charge in [0.1, 0.15) is 0 Å². The van der Waals surface area contributed by atoms with Gasteiger partial charge in [0.05, 0.1) is 5.75 Å². The van der Waals surface area contributed by atoms with E-state index < -0.39 is 0 Å². The molecule has 0 fully saturated rings. The van der Waals surface area contributed by atoms with Crippen LogP contribution in [0, 0.1) is 0 Å². The molecule has 0 spiro atoms. The highest BCUT2D eigenvalue weighted by molar-refractivity contribution is 7.99. The second-order valence-electron chi connectivity index (χ2n) is 4.69. The minimum atomic E-state index is -0.0672. The molecule has 2 aromatic rings. The van der Waals surface area contributed by atoms with Gasteiger partial charge in [0.25, 0.3) is 5.56 Å². The standard InChI is InChI=1S/C12H15N5O2S/c1-13-9(18)6-20-12-16-15-11-14-10(19)7-4-2-3-5-8(7)17(11)12/h2-6H2,1H3,(H,13,18)(H,14,15,19).